The average molecular weight is 473 g/mol. The third kappa shape index (κ3) is 5.18. The fourth-order valence-corrected chi connectivity index (χ4v) is 6.13. The molecule has 2 heterocycles. The SMILES string of the molecule is COC(=O)NS(=O)(=O)c1sc(CC(C)C)cc1-c1ccc(Cn2ccnc2C)c(C#N)c1. The van der Waals surface area contributed by atoms with Crippen molar-refractivity contribution < 1.29 is 17.9 Å². The first-order valence-electron chi connectivity index (χ1n) is 9.89. The summed E-state index contributed by atoms with van der Waals surface area (Å²) >= 11 is 1.11. The lowest BCUT2D eigenvalue weighted by molar-refractivity contribution is 0.177. The number of aryl methyl sites for hydroxylation is 1. The number of ether oxygens (including phenoxy) is 1. The number of rotatable bonds is 7. The number of benzene rings is 1. The van der Waals surface area contributed by atoms with Crippen molar-refractivity contribution >= 4 is 27.5 Å². The van der Waals surface area contributed by atoms with Gasteiger partial charge in [-0.15, -0.1) is 11.3 Å². The summed E-state index contributed by atoms with van der Waals surface area (Å²) in [5.41, 5.74) is 2.27. The maximum absolute atomic E-state index is 12.9. The van der Waals surface area contributed by atoms with Gasteiger partial charge in [0.15, 0.2) is 0 Å². The topological polar surface area (TPSA) is 114 Å². The summed E-state index contributed by atoms with van der Waals surface area (Å²) in [6, 6.07) is 9.31. The van der Waals surface area contributed by atoms with Crippen molar-refractivity contribution in [2.75, 3.05) is 7.11 Å². The molecular weight excluding hydrogens is 448 g/mol. The fourth-order valence-electron chi connectivity index (χ4n) is 3.27. The van der Waals surface area contributed by atoms with Gasteiger partial charge >= 0.3 is 6.09 Å². The van der Waals surface area contributed by atoms with E-state index in [1.54, 1.807) is 18.3 Å². The quantitative estimate of drug-likeness (QED) is 0.554. The molecule has 3 aromatic rings. The number of nitrogens with zero attached hydrogens (tertiary/aromatic N) is 3. The molecule has 1 amide bonds. The molecule has 10 heteroatoms. The molecule has 0 bridgehead atoms. The number of imidazole rings is 1. The van der Waals surface area contributed by atoms with Crippen LogP contribution in [0, 0.1) is 24.2 Å². The van der Waals surface area contributed by atoms with E-state index in [9.17, 15) is 18.5 Å². The lowest BCUT2D eigenvalue weighted by Crippen LogP contribution is -2.30. The molecule has 0 aliphatic heterocycles. The van der Waals surface area contributed by atoms with Crippen molar-refractivity contribution in [1.82, 2.24) is 14.3 Å². The van der Waals surface area contributed by atoms with Gasteiger partial charge in [-0.3, -0.25) is 0 Å². The molecule has 0 unspecified atom stereocenters. The van der Waals surface area contributed by atoms with E-state index < -0.39 is 16.1 Å². The Labute approximate surface area is 191 Å². The van der Waals surface area contributed by atoms with Gasteiger partial charge in [0.1, 0.15) is 10.0 Å². The normalized spacial score (nSPS) is 11.4. The number of hydrogen-bond donors (Lipinski definition) is 1. The van der Waals surface area contributed by atoms with Crippen molar-refractivity contribution in [2.45, 2.75) is 37.9 Å². The number of nitriles is 1. The summed E-state index contributed by atoms with van der Waals surface area (Å²) in [4.78, 5) is 16.7. The number of thiophene rings is 1. The Morgan fingerprint density at radius 1 is 1.34 bits per heavy atom. The summed E-state index contributed by atoms with van der Waals surface area (Å²) < 4.78 is 34.1. The number of nitrogens with one attached hydrogen (secondary N) is 1. The number of carbonyl (C=O) groups excluding carboxylic acids is 1. The third-order valence-electron chi connectivity index (χ3n) is 4.81. The number of carbonyl (C=O) groups is 1. The first kappa shape index (κ1) is 23.5. The van der Waals surface area contributed by atoms with Crippen LogP contribution >= 0.6 is 11.3 Å². The van der Waals surface area contributed by atoms with Gasteiger partial charge in [-0.2, -0.15) is 5.26 Å². The van der Waals surface area contributed by atoms with E-state index in [-0.39, 0.29) is 4.21 Å². The Balaban J connectivity index is 2.07. The lowest BCUT2D eigenvalue weighted by atomic mass is 10.0. The van der Waals surface area contributed by atoms with Crippen LogP contribution in [0.5, 0.6) is 0 Å². The van der Waals surface area contributed by atoms with Crippen molar-refractivity contribution in [2.24, 2.45) is 5.92 Å². The smallest absolute Gasteiger partial charge is 0.420 e. The maximum atomic E-state index is 12.9. The largest absolute Gasteiger partial charge is 0.452 e. The van der Waals surface area contributed by atoms with Crippen LogP contribution in [0.25, 0.3) is 11.1 Å². The predicted octanol–water partition coefficient (Wildman–Crippen LogP) is 4.08. The molecule has 1 aromatic carbocycles. The zero-order valence-electron chi connectivity index (χ0n) is 18.2. The second-order valence-corrected chi connectivity index (χ2v) is 10.7. The highest BCUT2D eigenvalue weighted by atomic mass is 32.2. The highest BCUT2D eigenvalue weighted by Crippen LogP contribution is 2.37. The zero-order valence-corrected chi connectivity index (χ0v) is 19.9. The molecule has 0 saturated carbocycles. The molecule has 0 aliphatic carbocycles. The molecule has 0 fully saturated rings. The van der Waals surface area contributed by atoms with Gasteiger partial charge in [0.25, 0.3) is 10.0 Å². The Bertz CT molecular complexity index is 1280. The average Bonchev–Trinajstić information content (AvgIpc) is 3.34. The fraction of sp³-hybridized carbons (Fsp3) is 0.318. The Morgan fingerprint density at radius 2 is 2.09 bits per heavy atom. The Hall–Kier alpha value is -3.16. The van der Waals surface area contributed by atoms with Gasteiger partial charge in [-0.1, -0.05) is 26.0 Å². The number of sulfonamides is 1. The zero-order chi connectivity index (χ0) is 23.5. The minimum absolute atomic E-state index is 0.0145. The highest BCUT2D eigenvalue weighted by molar-refractivity contribution is 7.92. The molecule has 0 radical (unpaired) electrons. The number of methoxy groups -OCH3 is 1. The van der Waals surface area contributed by atoms with Crippen LogP contribution < -0.4 is 4.72 Å². The van der Waals surface area contributed by atoms with Gasteiger partial charge in [0, 0.05) is 22.8 Å². The van der Waals surface area contributed by atoms with Crippen molar-refractivity contribution in [3.05, 3.63) is 58.5 Å². The second kappa shape index (κ2) is 9.54. The number of aromatic nitrogens is 2. The molecule has 3 rings (SSSR count). The number of hydrogen-bond acceptors (Lipinski definition) is 7. The third-order valence-corrected chi connectivity index (χ3v) is 7.81. The Kier molecular flexibility index (Phi) is 7.01. The molecule has 1 N–H and O–H groups in total. The van der Waals surface area contributed by atoms with Crippen molar-refractivity contribution in [3.8, 4) is 17.2 Å². The minimum Gasteiger partial charge on any atom is -0.452 e. The lowest BCUT2D eigenvalue weighted by Gasteiger charge is -2.10. The highest BCUT2D eigenvalue weighted by Gasteiger charge is 2.26. The molecule has 0 aliphatic rings. The van der Waals surface area contributed by atoms with E-state index in [4.69, 9.17) is 0 Å². The molecule has 0 atom stereocenters. The van der Waals surface area contributed by atoms with Crippen LogP contribution in [0.15, 0.2) is 40.9 Å². The monoisotopic (exact) mass is 472 g/mol. The van der Waals surface area contributed by atoms with E-state index >= 15 is 0 Å². The molecule has 168 valence electrons. The summed E-state index contributed by atoms with van der Waals surface area (Å²) in [5, 5.41) is 9.73. The van der Waals surface area contributed by atoms with Gasteiger partial charge < -0.3 is 9.30 Å². The van der Waals surface area contributed by atoms with E-state index in [0.717, 1.165) is 34.7 Å². The van der Waals surface area contributed by atoms with Crippen LogP contribution in [0.1, 0.15) is 35.7 Å². The standard InChI is InChI=1S/C22H24N4O4S2/c1-14(2)9-19-11-20(21(31-19)32(28,29)25-22(27)30-4)16-5-6-17(18(10-16)12-23)13-26-8-7-24-15(26)3/h5-8,10-11,14H,9,13H2,1-4H3,(H,25,27). The second-order valence-electron chi connectivity index (χ2n) is 7.69. The van der Waals surface area contributed by atoms with E-state index in [1.165, 1.54) is 0 Å². The van der Waals surface area contributed by atoms with Crippen LogP contribution in [-0.4, -0.2) is 31.2 Å². The van der Waals surface area contributed by atoms with Crippen LogP contribution in [0.2, 0.25) is 0 Å². The summed E-state index contributed by atoms with van der Waals surface area (Å²) in [7, 11) is -3.04. The maximum Gasteiger partial charge on any atom is 0.420 e. The van der Waals surface area contributed by atoms with Gasteiger partial charge in [-0.05, 0) is 42.5 Å². The van der Waals surface area contributed by atoms with Crippen LogP contribution in [0.3, 0.4) is 0 Å². The molecule has 0 spiro atoms. The van der Waals surface area contributed by atoms with E-state index in [0.29, 0.717) is 35.6 Å². The van der Waals surface area contributed by atoms with Crippen LogP contribution in [-0.2, 0) is 27.7 Å². The minimum atomic E-state index is -4.14. The van der Waals surface area contributed by atoms with Gasteiger partial charge in [0.05, 0.1) is 25.3 Å². The van der Waals surface area contributed by atoms with Crippen molar-refractivity contribution in [3.63, 3.8) is 0 Å². The van der Waals surface area contributed by atoms with Crippen LogP contribution in [0.4, 0.5) is 4.79 Å². The molecular formula is C22H24N4O4S2. The summed E-state index contributed by atoms with van der Waals surface area (Å²) in [6.07, 6.45) is 3.17. The summed E-state index contributed by atoms with van der Waals surface area (Å²) in [5.74, 6) is 1.15. The van der Waals surface area contributed by atoms with E-state index in [1.807, 2.05) is 48.4 Å². The molecule has 2 aromatic heterocycles. The molecule has 8 nitrogen and oxygen atoms in total. The first-order valence-corrected chi connectivity index (χ1v) is 12.2. The molecule has 0 saturated heterocycles. The predicted molar refractivity (Wildman–Crippen MR) is 122 cm³/mol. The first-order chi connectivity index (χ1) is 15.1. The van der Waals surface area contributed by atoms with E-state index in [2.05, 4.69) is 15.8 Å². The van der Waals surface area contributed by atoms with Gasteiger partial charge in [0.2, 0.25) is 0 Å². The number of amides is 1. The van der Waals surface area contributed by atoms with Gasteiger partial charge in [-0.25, -0.2) is 22.9 Å². The molecule has 32 heavy (non-hydrogen) atoms. The van der Waals surface area contributed by atoms with Crippen molar-refractivity contribution in [1.29, 1.82) is 5.26 Å². The summed E-state index contributed by atoms with van der Waals surface area (Å²) in [6.45, 7) is 6.45. The Morgan fingerprint density at radius 3 is 2.69 bits per heavy atom.